The van der Waals surface area contributed by atoms with Crippen LogP contribution in [0.2, 0.25) is 0 Å². The molecule has 0 amide bonds. The summed E-state index contributed by atoms with van der Waals surface area (Å²) in [5.74, 6) is -0.409. The molecule has 98 valence electrons. The van der Waals surface area contributed by atoms with Gasteiger partial charge in [0, 0.05) is 12.6 Å². The molecule has 0 bridgehead atoms. The fourth-order valence-corrected chi connectivity index (χ4v) is 3.52. The predicted octanol–water partition coefficient (Wildman–Crippen LogP) is 1.74. The Bertz CT molecular complexity index is 294. The SMILES string of the molecule is CC1COCCN1C1(C(=O)O)CCCCC1C. The second-order valence-electron chi connectivity index (χ2n) is 5.49. The maximum atomic E-state index is 11.8. The summed E-state index contributed by atoms with van der Waals surface area (Å²) in [5.41, 5.74) is -0.651. The molecule has 1 saturated heterocycles. The number of carbonyl (C=O) groups is 1. The van der Waals surface area contributed by atoms with Crippen LogP contribution in [0.15, 0.2) is 0 Å². The summed E-state index contributed by atoms with van der Waals surface area (Å²) in [6.45, 7) is 6.23. The minimum atomic E-state index is -0.651. The van der Waals surface area contributed by atoms with E-state index in [1.165, 1.54) is 0 Å². The Morgan fingerprint density at radius 3 is 2.76 bits per heavy atom. The average Bonchev–Trinajstić information content (AvgIpc) is 2.30. The summed E-state index contributed by atoms with van der Waals surface area (Å²) in [6.07, 6.45) is 4.00. The third-order valence-corrected chi connectivity index (χ3v) is 4.51. The molecule has 1 aliphatic carbocycles. The lowest BCUT2D eigenvalue weighted by Gasteiger charge is -2.51. The molecule has 0 spiro atoms. The Morgan fingerprint density at radius 1 is 1.41 bits per heavy atom. The molecule has 3 atom stereocenters. The van der Waals surface area contributed by atoms with Gasteiger partial charge in [-0.3, -0.25) is 9.69 Å². The normalized spacial score (nSPS) is 40.1. The second-order valence-corrected chi connectivity index (χ2v) is 5.49. The molecule has 1 aliphatic heterocycles. The zero-order chi connectivity index (χ0) is 12.5. The first-order chi connectivity index (χ1) is 8.09. The van der Waals surface area contributed by atoms with E-state index in [0.717, 1.165) is 32.2 Å². The molecular formula is C13H23NO3. The number of aliphatic carboxylic acids is 1. The second kappa shape index (κ2) is 4.94. The molecule has 0 aromatic carbocycles. The molecule has 2 rings (SSSR count). The lowest BCUT2D eigenvalue weighted by atomic mass is 9.71. The Labute approximate surface area is 103 Å². The largest absolute Gasteiger partial charge is 0.480 e. The number of nitrogens with zero attached hydrogens (tertiary/aromatic N) is 1. The van der Waals surface area contributed by atoms with E-state index in [-0.39, 0.29) is 12.0 Å². The van der Waals surface area contributed by atoms with Crippen molar-refractivity contribution < 1.29 is 14.6 Å². The molecule has 4 nitrogen and oxygen atoms in total. The number of carboxylic acid groups (broad SMARTS) is 1. The highest BCUT2D eigenvalue weighted by Crippen LogP contribution is 2.40. The molecule has 2 aliphatic rings. The molecule has 0 radical (unpaired) electrons. The van der Waals surface area contributed by atoms with E-state index in [2.05, 4.69) is 18.7 Å². The number of rotatable bonds is 2. The fourth-order valence-electron chi connectivity index (χ4n) is 3.52. The first kappa shape index (κ1) is 12.8. The van der Waals surface area contributed by atoms with Crippen LogP contribution in [0.3, 0.4) is 0 Å². The first-order valence-corrected chi connectivity index (χ1v) is 6.67. The lowest BCUT2D eigenvalue weighted by Crippen LogP contribution is -2.65. The summed E-state index contributed by atoms with van der Waals surface area (Å²) in [7, 11) is 0. The quantitative estimate of drug-likeness (QED) is 0.800. The minimum Gasteiger partial charge on any atom is -0.480 e. The lowest BCUT2D eigenvalue weighted by molar-refractivity contribution is -0.168. The third-order valence-electron chi connectivity index (χ3n) is 4.51. The minimum absolute atomic E-state index is 0.209. The molecular weight excluding hydrogens is 218 g/mol. The van der Waals surface area contributed by atoms with Gasteiger partial charge in [0.1, 0.15) is 5.54 Å². The van der Waals surface area contributed by atoms with Crippen molar-refractivity contribution in [3.05, 3.63) is 0 Å². The highest BCUT2D eigenvalue weighted by Gasteiger charge is 2.51. The number of hydrogen-bond donors (Lipinski definition) is 1. The van der Waals surface area contributed by atoms with Crippen LogP contribution >= 0.6 is 0 Å². The standard InChI is InChI=1S/C13H23NO3/c1-10-5-3-4-6-13(10,12(15)16)14-7-8-17-9-11(14)2/h10-11H,3-9H2,1-2H3,(H,15,16). The topological polar surface area (TPSA) is 49.8 Å². The van der Waals surface area contributed by atoms with E-state index in [9.17, 15) is 9.90 Å². The van der Waals surface area contributed by atoms with Crippen LogP contribution in [0, 0.1) is 5.92 Å². The van der Waals surface area contributed by atoms with Gasteiger partial charge < -0.3 is 9.84 Å². The highest BCUT2D eigenvalue weighted by molar-refractivity contribution is 5.79. The van der Waals surface area contributed by atoms with Crippen molar-refractivity contribution in [1.82, 2.24) is 4.90 Å². The summed E-state index contributed by atoms with van der Waals surface area (Å²) < 4.78 is 5.43. The molecule has 4 heteroatoms. The van der Waals surface area contributed by atoms with E-state index in [0.29, 0.717) is 13.2 Å². The van der Waals surface area contributed by atoms with Crippen LogP contribution in [0.5, 0.6) is 0 Å². The molecule has 0 aromatic rings. The number of ether oxygens (including phenoxy) is 1. The van der Waals surface area contributed by atoms with Gasteiger partial charge in [-0.25, -0.2) is 0 Å². The molecule has 17 heavy (non-hydrogen) atoms. The maximum absolute atomic E-state index is 11.8. The third kappa shape index (κ3) is 2.08. The van der Waals surface area contributed by atoms with Crippen LogP contribution in [-0.4, -0.2) is 47.3 Å². The first-order valence-electron chi connectivity index (χ1n) is 6.67. The van der Waals surface area contributed by atoms with Gasteiger partial charge in [0.05, 0.1) is 13.2 Å². The van der Waals surface area contributed by atoms with Crippen molar-refractivity contribution in [2.45, 2.75) is 51.1 Å². The fraction of sp³-hybridized carbons (Fsp3) is 0.923. The van der Waals surface area contributed by atoms with Crippen molar-refractivity contribution in [1.29, 1.82) is 0 Å². The van der Waals surface area contributed by atoms with Gasteiger partial charge in [0.25, 0.3) is 0 Å². The van der Waals surface area contributed by atoms with E-state index < -0.39 is 11.5 Å². The summed E-state index contributed by atoms with van der Waals surface area (Å²) in [6, 6.07) is 0.209. The maximum Gasteiger partial charge on any atom is 0.324 e. The Kier molecular flexibility index (Phi) is 3.73. The Balaban J connectivity index is 2.28. The molecule has 2 fully saturated rings. The summed E-state index contributed by atoms with van der Waals surface area (Å²) >= 11 is 0. The van der Waals surface area contributed by atoms with Gasteiger partial charge in [0.2, 0.25) is 0 Å². The van der Waals surface area contributed by atoms with E-state index in [1.54, 1.807) is 0 Å². The zero-order valence-electron chi connectivity index (χ0n) is 10.8. The van der Waals surface area contributed by atoms with Crippen molar-refractivity contribution in [3.8, 4) is 0 Å². The Hall–Kier alpha value is -0.610. The highest BCUT2D eigenvalue weighted by atomic mass is 16.5. The van der Waals surface area contributed by atoms with E-state index >= 15 is 0 Å². The van der Waals surface area contributed by atoms with Gasteiger partial charge >= 0.3 is 5.97 Å². The monoisotopic (exact) mass is 241 g/mol. The molecule has 1 N–H and O–H groups in total. The van der Waals surface area contributed by atoms with Gasteiger partial charge in [-0.05, 0) is 25.7 Å². The molecule has 1 saturated carbocycles. The van der Waals surface area contributed by atoms with Crippen LogP contribution in [0.1, 0.15) is 39.5 Å². The van der Waals surface area contributed by atoms with Crippen LogP contribution < -0.4 is 0 Å². The van der Waals surface area contributed by atoms with Crippen LogP contribution in [0.4, 0.5) is 0 Å². The van der Waals surface area contributed by atoms with Crippen molar-refractivity contribution >= 4 is 5.97 Å². The predicted molar refractivity (Wildman–Crippen MR) is 65.0 cm³/mol. The van der Waals surface area contributed by atoms with Crippen molar-refractivity contribution in [3.63, 3.8) is 0 Å². The van der Waals surface area contributed by atoms with Gasteiger partial charge in [-0.15, -0.1) is 0 Å². The van der Waals surface area contributed by atoms with Crippen LogP contribution in [-0.2, 0) is 9.53 Å². The summed E-state index contributed by atoms with van der Waals surface area (Å²) in [5, 5.41) is 9.75. The Morgan fingerprint density at radius 2 is 2.18 bits per heavy atom. The van der Waals surface area contributed by atoms with E-state index in [1.807, 2.05) is 0 Å². The number of morpholine rings is 1. The molecule has 3 unspecified atom stereocenters. The number of carboxylic acids is 1. The number of hydrogen-bond acceptors (Lipinski definition) is 3. The van der Waals surface area contributed by atoms with Crippen molar-refractivity contribution in [2.75, 3.05) is 19.8 Å². The van der Waals surface area contributed by atoms with Gasteiger partial charge in [-0.2, -0.15) is 0 Å². The molecule has 0 aromatic heterocycles. The smallest absolute Gasteiger partial charge is 0.324 e. The zero-order valence-corrected chi connectivity index (χ0v) is 10.8. The van der Waals surface area contributed by atoms with Crippen LogP contribution in [0.25, 0.3) is 0 Å². The van der Waals surface area contributed by atoms with E-state index in [4.69, 9.17) is 4.74 Å². The summed E-state index contributed by atoms with van der Waals surface area (Å²) in [4.78, 5) is 14.0. The van der Waals surface area contributed by atoms with Gasteiger partial charge in [-0.1, -0.05) is 19.8 Å². The van der Waals surface area contributed by atoms with Gasteiger partial charge in [0.15, 0.2) is 0 Å². The average molecular weight is 241 g/mol. The molecule has 1 heterocycles. The van der Waals surface area contributed by atoms with Crippen molar-refractivity contribution in [2.24, 2.45) is 5.92 Å².